The molecule has 0 aromatic carbocycles. The van der Waals surface area contributed by atoms with Gasteiger partial charge >= 0.3 is 10.3 Å². The third kappa shape index (κ3) is 5.77. The van der Waals surface area contributed by atoms with Crippen molar-refractivity contribution in [3.63, 3.8) is 0 Å². The molecule has 5 saturated heterocycles. The van der Waals surface area contributed by atoms with Crippen LogP contribution in [-0.2, 0) is 14.5 Å². The average Bonchev–Trinajstić information content (AvgIpc) is 3.95. The molecule has 49 heavy (non-hydrogen) atoms. The van der Waals surface area contributed by atoms with Crippen LogP contribution >= 0.6 is 0 Å². The van der Waals surface area contributed by atoms with E-state index < -0.39 is 10.3 Å². The highest BCUT2D eigenvalue weighted by atomic mass is 32.2. The fraction of sp³-hybridized carbons (Fsp3) is 0.889. The van der Waals surface area contributed by atoms with Crippen molar-refractivity contribution in [3.8, 4) is 0 Å². The van der Waals surface area contributed by atoms with Crippen LogP contribution in [0.3, 0.4) is 0 Å². The zero-order valence-electron chi connectivity index (χ0n) is 28.8. The summed E-state index contributed by atoms with van der Waals surface area (Å²) in [5, 5.41) is 33.2. The summed E-state index contributed by atoms with van der Waals surface area (Å²) in [4.78, 5) is 0. The van der Waals surface area contributed by atoms with Crippen LogP contribution < -0.4 is 42.5 Å². The van der Waals surface area contributed by atoms with Gasteiger partial charge in [-0.15, -0.1) is 0 Å². The van der Waals surface area contributed by atoms with E-state index in [9.17, 15) is 8.42 Å². The number of rotatable bonds is 3. The Hall–Kier alpha value is -1.13. The van der Waals surface area contributed by atoms with Crippen LogP contribution in [0.5, 0.6) is 0 Å². The summed E-state index contributed by atoms with van der Waals surface area (Å²) in [6, 6.07) is 3.48. The van der Waals surface area contributed by atoms with Crippen LogP contribution in [0.15, 0.2) is 24.5 Å². The first-order valence-electron chi connectivity index (χ1n) is 20.2. The van der Waals surface area contributed by atoms with Gasteiger partial charge in [0.1, 0.15) is 0 Å². The van der Waals surface area contributed by atoms with Crippen molar-refractivity contribution in [2.75, 3.05) is 0 Å². The van der Waals surface area contributed by atoms with E-state index in [2.05, 4.69) is 42.5 Å². The molecule has 8 N–H and O–H groups in total. The lowest BCUT2D eigenvalue weighted by atomic mass is 9.75. The summed E-state index contributed by atoms with van der Waals surface area (Å²) in [6.45, 7) is 0. The highest BCUT2D eigenvalue weighted by molar-refractivity contribution is 7.85. The van der Waals surface area contributed by atoms with Gasteiger partial charge in [0.25, 0.3) is 0 Å². The predicted molar refractivity (Wildman–Crippen MR) is 186 cm³/mol. The molecule has 17 unspecified atom stereocenters. The molecule has 12 nitrogen and oxygen atoms in total. The van der Waals surface area contributed by atoms with Gasteiger partial charge in [0.05, 0.1) is 55.4 Å². The minimum atomic E-state index is -3.93. The molecule has 6 heterocycles. The molecule has 272 valence electrons. The molecule has 8 bridgehead atoms. The summed E-state index contributed by atoms with van der Waals surface area (Å²) < 4.78 is 34.4. The lowest BCUT2D eigenvalue weighted by Gasteiger charge is -2.38. The second-order valence-electron chi connectivity index (χ2n) is 17.3. The topological polar surface area (TPSA) is 145 Å². The molecule has 1 aromatic heterocycles. The Kier molecular flexibility index (Phi) is 8.67. The Balaban J connectivity index is 0.994. The van der Waals surface area contributed by atoms with Gasteiger partial charge in [0.15, 0.2) is 0 Å². The molecular weight excluding hydrogens is 639 g/mol. The van der Waals surface area contributed by atoms with Crippen molar-refractivity contribution in [1.82, 2.24) is 46.5 Å². The Morgan fingerprint density at radius 2 is 0.755 bits per heavy atom. The molecule has 0 spiro atoms. The van der Waals surface area contributed by atoms with Gasteiger partial charge in [-0.05, 0) is 105 Å². The van der Waals surface area contributed by atoms with Crippen molar-refractivity contribution < 1.29 is 12.6 Å². The van der Waals surface area contributed by atoms with E-state index in [4.69, 9.17) is 4.18 Å². The highest BCUT2D eigenvalue weighted by Crippen LogP contribution is 2.46. The van der Waals surface area contributed by atoms with Crippen LogP contribution in [0.4, 0.5) is 0 Å². The lowest BCUT2D eigenvalue weighted by molar-refractivity contribution is 0.0460. The van der Waals surface area contributed by atoms with Crippen molar-refractivity contribution in [1.29, 1.82) is 0 Å². The quantitative estimate of drug-likeness (QED) is 0.236. The SMILES string of the molecule is O=S(=O)(OC1CCCC2C3NC4NC(NC5NC(NC6NC(NC(N3)C12)C1CCCCC61)C1CCCCC51)C1CCCCC41)n1cccc1. The van der Waals surface area contributed by atoms with Crippen molar-refractivity contribution in [2.24, 2.45) is 47.3 Å². The normalized spacial score (nSPS) is 51.1. The maximum atomic E-state index is 13.5. The number of hydrogen-bond donors (Lipinski definition) is 8. The van der Waals surface area contributed by atoms with Crippen LogP contribution in [0.1, 0.15) is 96.3 Å². The molecule has 0 amide bonds. The summed E-state index contributed by atoms with van der Waals surface area (Å²) in [6.07, 6.45) is 22.5. The second-order valence-corrected chi connectivity index (χ2v) is 18.7. The number of aromatic nitrogens is 1. The monoisotopic (exact) mass is 697 g/mol. The minimum absolute atomic E-state index is 0.0290. The molecule has 5 aliphatic heterocycles. The standard InChI is InChI=1S/C36H59N9O3S/c46-49(47,45-18-7-8-19-45)48-27-17-9-16-26-28(27)36-43-34-25-15-6-5-14-24(25)32(41-34)39-30-21-11-2-1-10-20(21)29(37-30)38-31-22-12-3-4-13-23(22)33(40-31)42-35(26)44-36/h7-8,18-44H,1-6,9-17H2. The fourth-order valence-electron chi connectivity index (χ4n) is 12.8. The van der Waals surface area contributed by atoms with E-state index in [1.165, 1.54) is 81.0 Å². The third-order valence-electron chi connectivity index (χ3n) is 14.9. The van der Waals surface area contributed by atoms with Gasteiger partial charge in [-0.25, -0.2) is 8.16 Å². The molecule has 17 atom stereocenters. The summed E-state index contributed by atoms with van der Waals surface area (Å²) in [5.41, 5.74) is 0. The highest BCUT2D eigenvalue weighted by Gasteiger charge is 2.56. The number of nitrogens with zero attached hydrogens (tertiary/aromatic N) is 1. The maximum absolute atomic E-state index is 13.5. The summed E-state index contributed by atoms with van der Waals surface area (Å²) in [5.74, 6) is 3.92. The van der Waals surface area contributed by atoms with Crippen molar-refractivity contribution in [2.45, 2.75) is 152 Å². The van der Waals surface area contributed by atoms with Gasteiger partial charge in [-0.2, -0.15) is 8.42 Å². The molecular formula is C36H59N9O3S. The molecule has 4 saturated carbocycles. The molecule has 9 fully saturated rings. The number of hydrogen-bond acceptors (Lipinski definition) is 11. The molecule has 9 aliphatic rings. The van der Waals surface area contributed by atoms with E-state index in [0.717, 1.165) is 19.3 Å². The van der Waals surface area contributed by atoms with Crippen molar-refractivity contribution in [3.05, 3.63) is 24.5 Å². The Morgan fingerprint density at radius 3 is 1.14 bits per heavy atom. The van der Waals surface area contributed by atoms with Crippen LogP contribution in [0.25, 0.3) is 0 Å². The van der Waals surface area contributed by atoms with Gasteiger partial charge in [0, 0.05) is 18.3 Å². The Labute approximate surface area is 292 Å². The molecule has 4 aliphatic carbocycles. The van der Waals surface area contributed by atoms with Crippen LogP contribution in [0.2, 0.25) is 0 Å². The van der Waals surface area contributed by atoms with Crippen LogP contribution in [0, 0.1) is 47.3 Å². The fourth-order valence-corrected chi connectivity index (χ4v) is 13.9. The second kappa shape index (κ2) is 13.1. The molecule has 0 radical (unpaired) electrons. The van der Waals surface area contributed by atoms with Crippen molar-refractivity contribution >= 4 is 10.3 Å². The minimum Gasteiger partial charge on any atom is -0.286 e. The van der Waals surface area contributed by atoms with E-state index in [-0.39, 0.29) is 54.9 Å². The first-order valence-corrected chi connectivity index (χ1v) is 21.5. The zero-order valence-corrected chi connectivity index (χ0v) is 29.6. The Morgan fingerprint density at radius 1 is 0.429 bits per heavy atom. The molecule has 13 heteroatoms. The van der Waals surface area contributed by atoms with Crippen LogP contribution in [-0.4, -0.2) is 67.8 Å². The number of fused-ring (bicyclic) bond motifs is 20. The Bertz CT molecular complexity index is 1430. The molecule has 1 aromatic rings. The summed E-state index contributed by atoms with van der Waals surface area (Å²) >= 11 is 0. The maximum Gasteiger partial charge on any atom is 0.366 e. The zero-order chi connectivity index (χ0) is 32.7. The average molecular weight is 698 g/mol. The van der Waals surface area contributed by atoms with Gasteiger partial charge in [0.2, 0.25) is 0 Å². The number of nitrogens with one attached hydrogen (secondary N) is 8. The van der Waals surface area contributed by atoms with Gasteiger partial charge < -0.3 is 0 Å². The predicted octanol–water partition coefficient (Wildman–Crippen LogP) is 2.20. The van der Waals surface area contributed by atoms with E-state index in [0.29, 0.717) is 47.8 Å². The summed E-state index contributed by atoms with van der Waals surface area (Å²) in [7, 11) is -3.93. The largest absolute Gasteiger partial charge is 0.366 e. The van der Waals surface area contributed by atoms with Gasteiger partial charge in [-0.3, -0.25) is 42.5 Å². The van der Waals surface area contributed by atoms with E-state index >= 15 is 0 Å². The van der Waals surface area contributed by atoms with E-state index in [1.54, 1.807) is 24.5 Å². The lowest BCUT2D eigenvalue weighted by Crippen LogP contribution is -2.62. The smallest absolute Gasteiger partial charge is 0.286 e. The van der Waals surface area contributed by atoms with E-state index in [1.807, 2.05) is 0 Å². The first kappa shape index (κ1) is 32.5. The molecule has 10 rings (SSSR count). The van der Waals surface area contributed by atoms with Gasteiger partial charge in [-0.1, -0.05) is 44.9 Å². The first-order chi connectivity index (χ1) is 24.0. The third-order valence-corrected chi connectivity index (χ3v) is 16.2.